The summed E-state index contributed by atoms with van der Waals surface area (Å²) in [5.74, 6) is -0.837. The Balaban J connectivity index is 2.10. The van der Waals surface area contributed by atoms with Crippen molar-refractivity contribution >= 4 is 17.2 Å². The van der Waals surface area contributed by atoms with Crippen molar-refractivity contribution in [3.05, 3.63) is 65.2 Å². The standard InChI is InChI=1S/C14H11F2NOS/c15-11-3-1-2-9(6-11)8-18-13-5-4-10(14(17)19)7-12(13)16/h1-7H,8H2,(H2,17,19). The number of thiocarbonyl (C=S) groups is 1. The summed E-state index contributed by atoms with van der Waals surface area (Å²) >= 11 is 4.75. The third-order valence-corrected chi connectivity index (χ3v) is 2.74. The molecule has 0 amide bonds. The van der Waals surface area contributed by atoms with Crippen LogP contribution in [0, 0.1) is 11.6 Å². The molecule has 0 saturated carbocycles. The molecule has 0 radical (unpaired) electrons. The normalized spacial score (nSPS) is 10.2. The molecule has 2 nitrogen and oxygen atoms in total. The van der Waals surface area contributed by atoms with Gasteiger partial charge in [0, 0.05) is 5.56 Å². The molecule has 0 unspecified atom stereocenters. The van der Waals surface area contributed by atoms with Crippen molar-refractivity contribution in [1.29, 1.82) is 0 Å². The zero-order valence-corrected chi connectivity index (χ0v) is 10.7. The van der Waals surface area contributed by atoms with E-state index in [0.717, 1.165) is 0 Å². The number of halogens is 2. The lowest BCUT2D eigenvalue weighted by atomic mass is 10.2. The first kappa shape index (κ1) is 13.4. The highest BCUT2D eigenvalue weighted by Gasteiger charge is 2.06. The first-order valence-corrected chi connectivity index (χ1v) is 5.93. The van der Waals surface area contributed by atoms with E-state index in [0.29, 0.717) is 11.1 Å². The van der Waals surface area contributed by atoms with Gasteiger partial charge in [-0.05, 0) is 35.9 Å². The van der Waals surface area contributed by atoms with Crippen LogP contribution < -0.4 is 10.5 Å². The average Bonchev–Trinajstić information content (AvgIpc) is 2.37. The van der Waals surface area contributed by atoms with Crippen LogP contribution >= 0.6 is 12.2 Å². The molecule has 0 saturated heterocycles. The molecule has 0 aliphatic heterocycles. The Morgan fingerprint density at radius 3 is 2.58 bits per heavy atom. The number of hydrogen-bond acceptors (Lipinski definition) is 2. The molecule has 0 aliphatic rings. The highest BCUT2D eigenvalue weighted by Crippen LogP contribution is 2.19. The first-order valence-electron chi connectivity index (χ1n) is 5.53. The fraction of sp³-hybridized carbons (Fsp3) is 0.0714. The van der Waals surface area contributed by atoms with Gasteiger partial charge in [0.2, 0.25) is 0 Å². The van der Waals surface area contributed by atoms with Gasteiger partial charge in [0.05, 0.1) is 0 Å². The zero-order chi connectivity index (χ0) is 13.8. The summed E-state index contributed by atoms with van der Waals surface area (Å²) in [6, 6.07) is 10.2. The molecule has 0 heterocycles. The van der Waals surface area contributed by atoms with E-state index < -0.39 is 5.82 Å². The van der Waals surface area contributed by atoms with Crippen molar-refractivity contribution in [2.24, 2.45) is 5.73 Å². The summed E-state index contributed by atoms with van der Waals surface area (Å²) in [5, 5.41) is 0. The van der Waals surface area contributed by atoms with E-state index in [1.807, 2.05) is 0 Å². The Morgan fingerprint density at radius 2 is 1.95 bits per heavy atom. The second-order valence-corrected chi connectivity index (χ2v) is 4.37. The zero-order valence-electron chi connectivity index (χ0n) is 9.90. The largest absolute Gasteiger partial charge is 0.486 e. The molecule has 0 atom stereocenters. The predicted octanol–water partition coefficient (Wildman–Crippen LogP) is 3.18. The molecule has 2 N–H and O–H groups in total. The molecule has 0 fully saturated rings. The van der Waals surface area contributed by atoms with Gasteiger partial charge in [-0.2, -0.15) is 0 Å². The van der Waals surface area contributed by atoms with Gasteiger partial charge < -0.3 is 10.5 Å². The number of ether oxygens (including phenoxy) is 1. The molecule has 0 aromatic heterocycles. The Kier molecular flexibility index (Phi) is 4.06. The van der Waals surface area contributed by atoms with Crippen molar-refractivity contribution in [2.75, 3.05) is 0 Å². The van der Waals surface area contributed by atoms with Crippen LogP contribution in [0.2, 0.25) is 0 Å². The molecular formula is C14H11F2NOS. The van der Waals surface area contributed by atoms with Gasteiger partial charge >= 0.3 is 0 Å². The topological polar surface area (TPSA) is 35.2 Å². The summed E-state index contributed by atoms with van der Waals surface area (Å²) in [6.07, 6.45) is 0. The minimum atomic E-state index is -0.554. The Labute approximate surface area is 114 Å². The molecular weight excluding hydrogens is 268 g/mol. The number of rotatable bonds is 4. The molecule has 0 aliphatic carbocycles. The van der Waals surface area contributed by atoms with E-state index >= 15 is 0 Å². The van der Waals surface area contributed by atoms with Crippen molar-refractivity contribution in [1.82, 2.24) is 0 Å². The molecule has 0 spiro atoms. The van der Waals surface area contributed by atoms with E-state index in [-0.39, 0.29) is 23.2 Å². The molecule has 2 aromatic rings. The number of nitrogens with two attached hydrogens (primary N) is 1. The average molecular weight is 279 g/mol. The van der Waals surface area contributed by atoms with Gasteiger partial charge in [0.1, 0.15) is 17.4 Å². The Morgan fingerprint density at radius 1 is 1.16 bits per heavy atom. The summed E-state index contributed by atoms with van der Waals surface area (Å²) in [4.78, 5) is 0.121. The van der Waals surface area contributed by atoms with Crippen LogP contribution in [-0.2, 0) is 6.61 Å². The lowest BCUT2D eigenvalue weighted by Gasteiger charge is -2.08. The van der Waals surface area contributed by atoms with Crippen molar-refractivity contribution in [2.45, 2.75) is 6.61 Å². The van der Waals surface area contributed by atoms with Crippen LogP contribution in [0.3, 0.4) is 0 Å². The summed E-state index contributed by atoms with van der Waals surface area (Å²) < 4.78 is 31.9. The monoisotopic (exact) mass is 279 g/mol. The molecule has 19 heavy (non-hydrogen) atoms. The van der Waals surface area contributed by atoms with Gasteiger partial charge in [-0.1, -0.05) is 24.4 Å². The maximum absolute atomic E-state index is 13.7. The first-order chi connectivity index (χ1) is 9.06. The van der Waals surface area contributed by atoms with Crippen LogP contribution in [-0.4, -0.2) is 4.99 Å². The third-order valence-electron chi connectivity index (χ3n) is 2.50. The smallest absolute Gasteiger partial charge is 0.165 e. The highest BCUT2D eigenvalue weighted by molar-refractivity contribution is 7.80. The minimum Gasteiger partial charge on any atom is -0.486 e. The fourth-order valence-electron chi connectivity index (χ4n) is 1.56. The van der Waals surface area contributed by atoms with E-state index in [1.165, 1.54) is 24.3 Å². The van der Waals surface area contributed by atoms with E-state index in [9.17, 15) is 8.78 Å². The summed E-state index contributed by atoms with van der Waals surface area (Å²) in [5.41, 5.74) is 6.46. The van der Waals surface area contributed by atoms with E-state index in [4.69, 9.17) is 22.7 Å². The van der Waals surface area contributed by atoms with Crippen molar-refractivity contribution in [3.63, 3.8) is 0 Å². The number of hydrogen-bond donors (Lipinski definition) is 1. The Bertz CT molecular complexity index is 616. The van der Waals surface area contributed by atoms with Gasteiger partial charge in [0.15, 0.2) is 11.6 Å². The van der Waals surface area contributed by atoms with Gasteiger partial charge in [-0.15, -0.1) is 0 Å². The maximum Gasteiger partial charge on any atom is 0.165 e. The van der Waals surface area contributed by atoms with Crippen LogP contribution in [0.25, 0.3) is 0 Å². The quantitative estimate of drug-likeness (QED) is 0.873. The molecule has 2 aromatic carbocycles. The van der Waals surface area contributed by atoms with E-state index in [1.54, 1.807) is 18.2 Å². The van der Waals surface area contributed by atoms with Gasteiger partial charge in [-0.25, -0.2) is 8.78 Å². The summed E-state index contributed by atoms with van der Waals surface area (Å²) in [6.45, 7) is 0.0844. The fourth-order valence-corrected chi connectivity index (χ4v) is 1.69. The molecule has 98 valence electrons. The lowest BCUT2D eigenvalue weighted by Crippen LogP contribution is -2.09. The van der Waals surface area contributed by atoms with Crippen molar-refractivity contribution in [3.8, 4) is 5.75 Å². The molecule has 2 rings (SSSR count). The second kappa shape index (κ2) is 5.75. The van der Waals surface area contributed by atoms with Crippen molar-refractivity contribution < 1.29 is 13.5 Å². The third kappa shape index (κ3) is 3.48. The second-order valence-electron chi connectivity index (χ2n) is 3.93. The predicted molar refractivity (Wildman–Crippen MR) is 73.0 cm³/mol. The lowest BCUT2D eigenvalue weighted by molar-refractivity contribution is 0.290. The summed E-state index contributed by atoms with van der Waals surface area (Å²) in [7, 11) is 0. The SMILES string of the molecule is NC(=S)c1ccc(OCc2cccc(F)c2)c(F)c1. The van der Waals surface area contributed by atoms with Gasteiger partial charge in [0.25, 0.3) is 0 Å². The van der Waals surface area contributed by atoms with Crippen LogP contribution in [0.1, 0.15) is 11.1 Å². The van der Waals surface area contributed by atoms with E-state index in [2.05, 4.69) is 0 Å². The highest BCUT2D eigenvalue weighted by atomic mass is 32.1. The number of benzene rings is 2. The molecule has 5 heteroatoms. The Hall–Kier alpha value is -2.01. The van der Waals surface area contributed by atoms with Crippen LogP contribution in [0.4, 0.5) is 8.78 Å². The molecule has 0 bridgehead atoms. The van der Waals surface area contributed by atoms with Crippen LogP contribution in [0.15, 0.2) is 42.5 Å². The van der Waals surface area contributed by atoms with Gasteiger partial charge in [-0.3, -0.25) is 0 Å². The van der Waals surface area contributed by atoms with Crippen LogP contribution in [0.5, 0.6) is 5.75 Å². The maximum atomic E-state index is 13.7. The minimum absolute atomic E-state index is 0.0734.